The minimum atomic E-state index is -4.02. The molecule has 1 atom stereocenters. The highest BCUT2D eigenvalue weighted by Gasteiger charge is 2.50. The summed E-state index contributed by atoms with van der Waals surface area (Å²) in [5, 5.41) is 19.1. The number of amides is 4. The van der Waals surface area contributed by atoms with Crippen LogP contribution in [-0.4, -0.2) is 77.8 Å². The predicted molar refractivity (Wildman–Crippen MR) is 126 cm³/mol. The zero-order valence-electron chi connectivity index (χ0n) is 19.6. The number of imide groups is 1. The van der Waals surface area contributed by atoms with Crippen LogP contribution in [0.3, 0.4) is 0 Å². The van der Waals surface area contributed by atoms with E-state index in [1.54, 1.807) is 26.0 Å². The van der Waals surface area contributed by atoms with Gasteiger partial charge in [0.05, 0.1) is 35.7 Å². The maximum absolute atomic E-state index is 13.1. The first-order valence-electron chi connectivity index (χ1n) is 10.7. The first kappa shape index (κ1) is 25.9. The number of hydrogen-bond donors (Lipinski definition) is 1. The second kappa shape index (κ2) is 9.85. The molecular weight excluding hydrogens is 472 g/mol. The molecule has 35 heavy (non-hydrogen) atoms. The number of rotatable bonds is 9. The average Bonchev–Trinajstić information content (AvgIpc) is 2.98. The molecule has 1 unspecified atom stereocenters. The third-order valence-corrected chi connectivity index (χ3v) is 7.98. The fraction of sp³-hybridized carbons (Fsp3) is 0.333. The Labute approximate surface area is 203 Å². The van der Waals surface area contributed by atoms with Crippen LogP contribution < -0.4 is 0 Å². The van der Waals surface area contributed by atoms with E-state index >= 15 is 0 Å². The monoisotopic (exact) mass is 498 g/mol. The van der Waals surface area contributed by atoms with Gasteiger partial charge in [-0.2, -0.15) is 5.26 Å². The van der Waals surface area contributed by atoms with Gasteiger partial charge in [-0.15, -0.1) is 0 Å². The molecule has 3 rings (SSSR count). The average molecular weight is 499 g/mol. The third kappa shape index (κ3) is 5.18. The highest BCUT2D eigenvalue weighted by molar-refractivity contribution is 7.91. The summed E-state index contributed by atoms with van der Waals surface area (Å²) in [6, 6.07) is 13.5. The summed E-state index contributed by atoms with van der Waals surface area (Å²) in [5.74, 6) is -1.27. The van der Waals surface area contributed by atoms with Gasteiger partial charge in [0.2, 0.25) is 6.41 Å². The molecule has 1 aliphatic rings. The molecule has 1 saturated heterocycles. The molecule has 1 heterocycles. The molecule has 1 N–H and O–H groups in total. The van der Waals surface area contributed by atoms with Crippen molar-refractivity contribution in [3.8, 4) is 17.2 Å². The summed E-state index contributed by atoms with van der Waals surface area (Å²) in [4.78, 5) is 38.4. The zero-order valence-corrected chi connectivity index (χ0v) is 20.4. The standard InChI is InChI=1S/C24H26N4O6S/c1-24(2)22(30)27(23(31)26(24)3)14-20(28(32)16-29)15-35(33,34)21-9-7-18(8-10-21)19-6-4-5-17(13-19)11-12-25/h4-10,13,16,20,32H,11,14-15H2,1-3H3. The first-order chi connectivity index (χ1) is 16.4. The molecule has 10 nitrogen and oxygen atoms in total. The second-order valence-electron chi connectivity index (χ2n) is 8.80. The van der Waals surface area contributed by atoms with E-state index < -0.39 is 45.7 Å². The summed E-state index contributed by atoms with van der Waals surface area (Å²) in [6.45, 7) is 2.61. The minimum absolute atomic E-state index is 0.0391. The molecule has 4 amide bonds. The van der Waals surface area contributed by atoms with Gasteiger partial charge in [-0.1, -0.05) is 36.4 Å². The maximum Gasteiger partial charge on any atom is 0.327 e. The Morgan fingerprint density at radius 1 is 1.14 bits per heavy atom. The van der Waals surface area contributed by atoms with E-state index in [2.05, 4.69) is 6.07 Å². The maximum atomic E-state index is 13.1. The molecule has 0 radical (unpaired) electrons. The van der Waals surface area contributed by atoms with Crippen LogP contribution in [0.5, 0.6) is 0 Å². The molecule has 0 spiro atoms. The quantitative estimate of drug-likeness (QED) is 0.242. The summed E-state index contributed by atoms with van der Waals surface area (Å²) in [7, 11) is -2.57. The molecule has 184 valence electrons. The summed E-state index contributed by atoms with van der Waals surface area (Å²) in [5.41, 5.74) is 1.26. The lowest BCUT2D eigenvalue weighted by atomic mass is 10.0. The number of hydrogen-bond acceptors (Lipinski definition) is 7. The van der Waals surface area contributed by atoms with Crippen molar-refractivity contribution in [2.75, 3.05) is 19.3 Å². The fourth-order valence-electron chi connectivity index (χ4n) is 3.81. The highest BCUT2D eigenvalue weighted by atomic mass is 32.2. The Balaban J connectivity index is 1.83. The van der Waals surface area contributed by atoms with Crippen molar-refractivity contribution in [2.24, 2.45) is 0 Å². The Morgan fingerprint density at radius 2 is 1.80 bits per heavy atom. The Hall–Kier alpha value is -3.75. The van der Waals surface area contributed by atoms with Crippen molar-refractivity contribution in [1.29, 1.82) is 5.26 Å². The van der Waals surface area contributed by atoms with Crippen LogP contribution in [0.1, 0.15) is 19.4 Å². The van der Waals surface area contributed by atoms with Gasteiger partial charge in [0.15, 0.2) is 9.84 Å². The van der Waals surface area contributed by atoms with E-state index in [0.717, 1.165) is 21.6 Å². The van der Waals surface area contributed by atoms with Crippen molar-refractivity contribution in [1.82, 2.24) is 14.9 Å². The topological polar surface area (TPSA) is 139 Å². The normalized spacial score (nSPS) is 16.2. The molecule has 1 fully saturated rings. The molecule has 2 aromatic rings. The second-order valence-corrected chi connectivity index (χ2v) is 10.8. The first-order valence-corrected chi connectivity index (χ1v) is 12.4. The summed E-state index contributed by atoms with van der Waals surface area (Å²) in [6.07, 6.45) is 0.294. The van der Waals surface area contributed by atoms with Gasteiger partial charge in [0.1, 0.15) is 5.54 Å². The van der Waals surface area contributed by atoms with Crippen molar-refractivity contribution in [2.45, 2.75) is 36.7 Å². The van der Waals surface area contributed by atoms with Crippen LogP contribution in [0.15, 0.2) is 53.4 Å². The number of sulfone groups is 1. The van der Waals surface area contributed by atoms with Crippen LogP contribution in [0.25, 0.3) is 11.1 Å². The lowest BCUT2D eigenvalue weighted by Crippen LogP contribution is -2.48. The lowest BCUT2D eigenvalue weighted by Gasteiger charge is -2.26. The number of hydroxylamine groups is 2. The van der Waals surface area contributed by atoms with Gasteiger partial charge >= 0.3 is 6.03 Å². The van der Waals surface area contributed by atoms with E-state index in [1.807, 2.05) is 24.3 Å². The van der Waals surface area contributed by atoms with Gasteiger partial charge in [-0.05, 0) is 42.7 Å². The number of nitrogens with zero attached hydrogens (tertiary/aromatic N) is 4. The molecule has 0 aliphatic carbocycles. The van der Waals surface area contributed by atoms with Gasteiger partial charge in [-0.25, -0.2) is 18.3 Å². The van der Waals surface area contributed by atoms with E-state index in [0.29, 0.717) is 0 Å². The van der Waals surface area contributed by atoms with E-state index in [4.69, 9.17) is 5.26 Å². The van der Waals surface area contributed by atoms with E-state index in [1.165, 1.54) is 24.1 Å². The molecular formula is C24H26N4O6S. The smallest absolute Gasteiger partial charge is 0.313 e. The summed E-state index contributed by atoms with van der Waals surface area (Å²) < 4.78 is 26.2. The van der Waals surface area contributed by atoms with Crippen molar-refractivity contribution >= 4 is 28.2 Å². The molecule has 0 saturated carbocycles. The fourth-order valence-corrected chi connectivity index (χ4v) is 5.32. The lowest BCUT2D eigenvalue weighted by molar-refractivity contribution is -0.160. The third-order valence-electron chi connectivity index (χ3n) is 6.17. The molecule has 0 aromatic heterocycles. The van der Waals surface area contributed by atoms with Crippen molar-refractivity contribution < 1.29 is 28.0 Å². The van der Waals surface area contributed by atoms with Gasteiger partial charge in [0.25, 0.3) is 5.91 Å². The number of benzene rings is 2. The van der Waals surface area contributed by atoms with Crippen LogP contribution in [0.4, 0.5) is 4.79 Å². The predicted octanol–water partition coefficient (Wildman–Crippen LogP) is 2.08. The number of carbonyl (C=O) groups excluding carboxylic acids is 3. The zero-order chi connectivity index (χ0) is 26.0. The van der Waals surface area contributed by atoms with Crippen LogP contribution in [0.2, 0.25) is 0 Å². The molecule has 1 aliphatic heterocycles. The van der Waals surface area contributed by atoms with Crippen LogP contribution >= 0.6 is 0 Å². The number of nitriles is 1. The van der Waals surface area contributed by atoms with E-state index in [9.17, 15) is 28.0 Å². The SMILES string of the molecule is CN1C(=O)N(CC(CS(=O)(=O)c2ccc(-c3cccc(CC#N)c3)cc2)N(O)C=O)C(=O)C1(C)C. The van der Waals surface area contributed by atoms with Gasteiger partial charge < -0.3 is 4.90 Å². The largest absolute Gasteiger partial charge is 0.327 e. The Kier molecular flexibility index (Phi) is 7.28. The van der Waals surface area contributed by atoms with Gasteiger partial charge in [-0.3, -0.25) is 19.7 Å². The molecule has 2 aromatic carbocycles. The Bertz CT molecular complexity index is 1280. The van der Waals surface area contributed by atoms with Gasteiger partial charge in [0, 0.05) is 7.05 Å². The minimum Gasteiger partial charge on any atom is -0.313 e. The van der Waals surface area contributed by atoms with Crippen molar-refractivity contribution in [3.05, 3.63) is 54.1 Å². The van der Waals surface area contributed by atoms with Crippen LogP contribution in [-0.2, 0) is 25.8 Å². The number of carbonyl (C=O) groups is 3. The summed E-state index contributed by atoms with van der Waals surface area (Å²) >= 11 is 0. The van der Waals surface area contributed by atoms with E-state index in [-0.39, 0.29) is 22.8 Å². The molecule has 11 heteroatoms. The highest BCUT2D eigenvalue weighted by Crippen LogP contribution is 2.27. The van der Waals surface area contributed by atoms with Crippen molar-refractivity contribution in [3.63, 3.8) is 0 Å². The Morgan fingerprint density at radius 3 is 2.34 bits per heavy atom. The number of likely N-dealkylation sites (N-methyl/N-ethyl adjacent to an activating group) is 1. The van der Waals surface area contributed by atoms with Crippen LogP contribution in [0, 0.1) is 11.3 Å². The number of urea groups is 1. The molecule has 0 bridgehead atoms.